The first-order valence-electron chi connectivity index (χ1n) is 6.47. The van der Waals surface area contributed by atoms with Crippen LogP contribution in [-0.4, -0.2) is 27.7 Å². The van der Waals surface area contributed by atoms with Crippen LogP contribution in [-0.2, 0) is 13.0 Å². The van der Waals surface area contributed by atoms with E-state index in [1.807, 2.05) is 35.3 Å². The van der Waals surface area contributed by atoms with Gasteiger partial charge in [-0.15, -0.1) is 0 Å². The van der Waals surface area contributed by atoms with Gasteiger partial charge in [-0.05, 0) is 12.5 Å². The smallest absolute Gasteiger partial charge is 0.213 e. The highest BCUT2D eigenvalue weighted by Crippen LogP contribution is 2.09. The Hall–Kier alpha value is -1.88. The van der Waals surface area contributed by atoms with Crippen LogP contribution in [0.2, 0.25) is 0 Å². The van der Waals surface area contributed by atoms with Crippen molar-refractivity contribution in [3.63, 3.8) is 0 Å². The molecule has 0 saturated heterocycles. The first kappa shape index (κ1) is 13.5. The van der Waals surface area contributed by atoms with Gasteiger partial charge in [-0.2, -0.15) is 0 Å². The van der Waals surface area contributed by atoms with Crippen molar-refractivity contribution in [1.82, 2.24) is 14.5 Å². The van der Waals surface area contributed by atoms with Crippen molar-refractivity contribution in [3.8, 4) is 5.88 Å². The van der Waals surface area contributed by atoms with Gasteiger partial charge in [0.2, 0.25) is 5.88 Å². The molecule has 5 nitrogen and oxygen atoms in total. The lowest BCUT2D eigenvalue weighted by atomic mass is 10.1. The number of hydrogen-bond acceptors (Lipinski definition) is 4. The van der Waals surface area contributed by atoms with Crippen molar-refractivity contribution in [2.45, 2.75) is 32.4 Å². The van der Waals surface area contributed by atoms with Crippen molar-refractivity contribution in [3.05, 3.63) is 42.1 Å². The van der Waals surface area contributed by atoms with Gasteiger partial charge in [0.05, 0.1) is 31.4 Å². The highest BCUT2D eigenvalue weighted by atomic mass is 16.5. The Morgan fingerprint density at radius 3 is 2.95 bits per heavy atom. The number of nitrogens with two attached hydrogens (primary N) is 1. The summed E-state index contributed by atoms with van der Waals surface area (Å²) in [6.07, 6.45) is 5.62. The fraction of sp³-hybridized carbons (Fsp3) is 0.429. The first-order valence-corrected chi connectivity index (χ1v) is 6.47. The van der Waals surface area contributed by atoms with Crippen molar-refractivity contribution in [2.24, 2.45) is 5.73 Å². The van der Waals surface area contributed by atoms with Crippen molar-refractivity contribution in [1.29, 1.82) is 0 Å². The molecule has 2 N–H and O–H groups in total. The predicted molar refractivity (Wildman–Crippen MR) is 74.1 cm³/mol. The molecular formula is C14H20N4O. The van der Waals surface area contributed by atoms with Gasteiger partial charge >= 0.3 is 0 Å². The van der Waals surface area contributed by atoms with E-state index in [1.54, 1.807) is 7.11 Å². The van der Waals surface area contributed by atoms with Crippen molar-refractivity contribution >= 4 is 0 Å². The SMILES string of the molecule is CCC(N)Cc1cn(Cc2cccc(OC)n2)cn1. The average molecular weight is 260 g/mol. The second kappa shape index (κ2) is 6.33. The summed E-state index contributed by atoms with van der Waals surface area (Å²) in [7, 11) is 1.62. The van der Waals surface area contributed by atoms with Gasteiger partial charge in [-0.25, -0.2) is 9.97 Å². The molecule has 5 heteroatoms. The molecule has 0 aromatic carbocycles. The number of methoxy groups -OCH3 is 1. The molecule has 0 fully saturated rings. The average Bonchev–Trinajstić information content (AvgIpc) is 2.86. The fourth-order valence-electron chi connectivity index (χ4n) is 1.86. The van der Waals surface area contributed by atoms with E-state index >= 15 is 0 Å². The Balaban J connectivity index is 2.02. The molecule has 2 rings (SSSR count). The van der Waals surface area contributed by atoms with Crippen LogP contribution in [0.15, 0.2) is 30.7 Å². The lowest BCUT2D eigenvalue weighted by Gasteiger charge is -2.05. The third-order valence-corrected chi connectivity index (χ3v) is 3.02. The summed E-state index contributed by atoms with van der Waals surface area (Å²) in [5.41, 5.74) is 7.90. The maximum Gasteiger partial charge on any atom is 0.213 e. The molecule has 2 heterocycles. The van der Waals surface area contributed by atoms with Crippen molar-refractivity contribution in [2.75, 3.05) is 7.11 Å². The molecule has 0 spiro atoms. The lowest BCUT2D eigenvalue weighted by Crippen LogP contribution is -2.21. The lowest BCUT2D eigenvalue weighted by molar-refractivity contribution is 0.396. The molecule has 0 aliphatic heterocycles. The van der Waals surface area contributed by atoms with Gasteiger partial charge in [0, 0.05) is 24.7 Å². The standard InChI is InChI=1S/C14H20N4O/c1-3-11(15)7-13-9-18(10-16-13)8-12-5-4-6-14(17-12)19-2/h4-6,9-11H,3,7-8,15H2,1-2H3. The van der Waals surface area contributed by atoms with E-state index in [1.165, 1.54) is 0 Å². The summed E-state index contributed by atoms with van der Waals surface area (Å²) in [5, 5.41) is 0. The van der Waals surface area contributed by atoms with Gasteiger partial charge in [0.15, 0.2) is 0 Å². The summed E-state index contributed by atoms with van der Waals surface area (Å²) in [5.74, 6) is 0.630. The van der Waals surface area contributed by atoms with E-state index in [0.29, 0.717) is 12.4 Å². The molecule has 1 atom stereocenters. The maximum atomic E-state index is 5.93. The fourth-order valence-corrected chi connectivity index (χ4v) is 1.86. The molecule has 0 aliphatic carbocycles. The molecule has 0 aliphatic rings. The third-order valence-electron chi connectivity index (χ3n) is 3.02. The van der Waals surface area contributed by atoms with Gasteiger partial charge in [-0.1, -0.05) is 13.0 Å². The van der Waals surface area contributed by atoms with E-state index in [2.05, 4.69) is 16.9 Å². The topological polar surface area (TPSA) is 66.0 Å². The number of hydrogen-bond donors (Lipinski definition) is 1. The minimum Gasteiger partial charge on any atom is -0.481 e. The molecule has 2 aromatic rings. The number of aromatic nitrogens is 3. The van der Waals surface area contributed by atoms with Crippen LogP contribution < -0.4 is 10.5 Å². The Kier molecular flexibility index (Phi) is 4.52. The Morgan fingerprint density at radius 1 is 1.37 bits per heavy atom. The molecule has 1 unspecified atom stereocenters. The van der Waals surface area contributed by atoms with E-state index < -0.39 is 0 Å². The van der Waals surface area contributed by atoms with E-state index in [0.717, 1.165) is 24.2 Å². The molecule has 2 aromatic heterocycles. The second-order valence-electron chi connectivity index (χ2n) is 4.58. The summed E-state index contributed by atoms with van der Waals surface area (Å²) < 4.78 is 7.13. The molecule has 0 saturated carbocycles. The largest absolute Gasteiger partial charge is 0.481 e. The molecular weight excluding hydrogens is 240 g/mol. The number of imidazole rings is 1. The highest BCUT2D eigenvalue weighted by molar-refractivity contribution is 5.16. The minimum absolute atomic E-state index is 0.179. The van der Waals surface area contributed by atoms with Gasteiger partial charge in [0.25, 0.3) is 0 Å². The summed E-state index contributed by atoms with van der Waals surface area (Å²) in [6.45, 7) is 2.77. The predicted octanol–water partition coefficient (Wildman–Crippen LogP) is 1.61. The number of nitrogens with zero attached hydrogens (tertiary/aromatic N) is 3. The molecule has 0 bridgehead atoms. The number of pyridine rings is 1. The zero-order valence-electron chi connectivity index (χ0n) is 11.4. The zero-order chi connectivity index (χ0) is 13.7. The first-order chi connectivity index (χ1) is 9.21. The van der Waals surface area contributed by atoms with Gasteiger partial charge in [-0.3, -0.25) is 0 Å². The second-order valence-corrected chi connectivity index (χ2v) is 4.58. The van der Waals surface area contributed by atoms with Crippen molar-refractivity contribution < 1.29 is 4.74 Å². The summed E-state index contributed by atoms with van der Waals surface area (Å²) in [6, 6.07) is 5.92. The monoisotopic (exact) mass is 260 g/mol. The van der Waals surface area contributed by atoms with E-state index in [9.17, 15) is 0 Å². The van der Waals surface area contributed by atoms with Crippen LogP contribution in [0.25, 0.3) is 0 Å². The van der Waals surface area contributed by atoms with E-state index in [4.69, 9.17) is 10.5 Å². The number of ether oxygens (including phenoxy) is 1. The molecule has 102 valence electrons. The van der Waals surface area contributed by atoms with Crippen LogP contribution in [0.3, 0.4) is 0 Å². The summed E-state index contributed by atoms with van der Waals surface area (Å²) >= 11 is 0. The van der Waals surface area contributed by atoms with Crippen LogP contribution in [0, 0.1) is 0 Å². The molecule has 19 heavy (non-hydrogen) atoms. The maximum absolute atomic E-state index is 5.93. The van der Waals surface area contributed by atoms with Gasteiger partial charge in [0.1, 0.15) is 0 Å². The van der Waals surface area contributed by atoms with Gasteiger partial charge < -0.3 is 15.0 Å². The normalized spacial score (nSPS) is 12.4. The minimum atomic E-state index is 0.179. The molecule has 0 radical (unpaired) electrons. The zero-order valence-corrected chi connectivity index (χ0v) is 11.4. The van der Waals surface area contributed by atoms with E-state index in [-0.39, 0.29) is 6.04 Å². The number of rotatable bonds is 6. The highest BCUT2D eigenvalue weighted by Gasteiger charge is 2.05. The molecule has 0 amide bonds. The van der Waals surface area contributed by atoms with Crippen LogP contribution in [0.5, 0.6) is 5.88 Å². The van der Waals surface area contributed by atoms with Crippen LogP contribution in [0.1, 0.15) is 24.7 Å². The third kappa shape index (κ3) is 3.79. The van der Waals surface area contributed by atoms with Crippen LogP contribution >= 0.6 is 0 Å². The Bertz CT molecular complexity index is 524. The Labute approximate surface area is 113 Å². The quantitative estimate of drug-likeness (QED) is 0.857. The van der Waals surface area contributed by atoms with Crippen LogP contribution in [0.4, 0.5) is 0 Å². The Morgan fingerprint density at radius 2 is 2.21 bits per heavy atom. The summed E-state index contributed by atoms with van der Waals surface area (Å²) in [4.78, 5) is 8.74.